The highest BCUT2D eigenvalue weighted by Crippen LogP contribution is 2.30. The second-order valence-electron chi connectivity index (χ2n) is 5.80. The first-order chi connectivity index (χ1) is 13.3. The maximum Gasteiger partial charge on any atom is 0.236 e. The molecule has 1 aliphatic heterocycles. The molecule has 1 fully saturated rings. The summed E-state index contributed by atoms with van der Waals surface area (Å²) in [4.78, 5) is 12.0. The molecule has 140 valence electrons. The molecule has 0 spiro atoms. The Bertz CT molecular complexity index is 922. The number of amides is 1. The molecule has 2 heterocycles. The Hall–Kier alpha value is -1.69. The Labute approximate surface area is 169 Å². The van der Waals surface area contributed by atoms with Gasteiger partial charge in [-0.2, -0.15) is 5.53 Å². The topological polar surface area (TPSA) is 91.0 Å². The van der Waals surface area contributed by atoms with Gasteiger partial charge in [0.2, 0.25) is 11.0 Å². The van der Waals surface area contributed by atoms with E-state index in [4.69, 9.17) is 0 Å². The van der Waals surface area contributed by atoms with Crippen LogP contribution in [0.25, 0.3) is 10.8 Å². The molecular formula is C17H18N6OS3. The minimum absolute atomic E-state index is 0.0737. The third-order valence-corrected chi connectivity index (χ3v) is 7.05. The van der Waals surface area contributed by atoms with Gasteiger partial charge in [0.1, 0.15) is 0 Å². The van der Waals surface area contributed by atoms with Crippen molar-refractivity contribution < 1.29 is 4.79 Å². The third kappa shape index (κ3) is 4.98. The van der Waals surface area contributed by atoms with Gasteiger partial charge >= 0.3 is 0 Å². The van der Waals surface area contributed by atoms with Crippen LogP contribution in [0.5, 0.6) is 0 Å². The standard InChI is InChI=1S/C17H18N6OS3/c24-14(10-25-15-8-18-23-20-15)19-16-21-22-17(27-16)26-9-12-6-3-5-11-4-1-2-7-13(11)12/h1-7,15,18,20,23H,8-10H2,(H,19,21,24). The number of carbonyl (C=O) groups excluding carboxylic acids is 1. The van der Waals surface area contributed by atoms with E-state index in [1.165, 1.54) is 39.4 Å². The van der Waals surface area contributed by atoms with Crippen LogP contribution in [0, 0.1) is 0 Å². The zero-order chi connectivity index (χ0) is 18.5. The van der Waals surface area contributed by atoms with Gasteiger partial charge in [0, 0.05) is 12.3 Å². The van der Waals surface area contributed by atoms with Gasteiger partial charge in [-0.25, -0.2) is 10.9 Å². The van der Waals surface area contributed by atoms with Gasteiger partial charge in [-0.05, 0) is 16.3 Å². The molecule has 4 N–H and O–H groups in total. The summed E-state index contributed by atoms with van der Waals surface area (Å²) in [6, 6.07) is 14.7. The van der Waals surface area contributed by atoms with Crippen LogP contribution in [-0.4, -0.2) is 33.8 Å². The van der Waals surface area contributed by atoms with Gasteiger partial charge in [0.15, 0.2) is 4.34 Å². The SMILES string of the molecule is O=C(CSC1CNNN1)Nc1nnc(SCc2cccc3ccccc23)s1. The number of thioether (sulfide) groups is 2. The maximum absolute atomic E-state index is 12.0. The summed E-state index contributed by atoms with van der Waals surface area (Å²) < 4.78 is 0.844. The molecule has 0 saturated carbocycles. The average molecular weight is 419 g/mol. The summed E-state index contributed by atoms with van der Waals surface area (Å²) in [5.74, 6) is 1.10. The predicted octanol–water partition coefficient (Wildman–Crippen LogP) is 2.59. The summed E-state index contributed by atoms with van der Waals surface area (Å²) in [7, 11) is 0. The highest BCUT2D eigenvalue weighted by molar-refractivity contribution is 8.00. The zero-order valence-corrected chi connectivity index (χ0v) is 16.7. The van der Waals surface area contributed by atoms with Crippen molar-refractivity contribution >= 4 is 56.7 Å². The number of rotatable bonds is 7. The van der Waals surface area contributed by atoms with Crippen LogP contribution in [0.15, 0.2) is 46.8 Å². The number of carbonyl (C=O) groups is 1. The first-order valence-electron chi connectivity index (χ1n) is 8.36. The number of nitrogens with zero attached hydrogens (tertiary/aromatic N) is 2. The highest BCUT2D eigenvalue weighted by Gasteiger charge is 2.16. The molecule has 0 aliphatic carbocycles. The summed E-state index contributed by atoms with van der Waals surface area (Å²) in [5, 5.41) is 14.3. The van der Waals surface area contributed by atoms with E-state index >= 15 is 0 Å². The van der Waals surface area contributed by atoms with Gasteiger partial charge in [-0.3, -0.25) is 10.1 Å². The van der Waals surface area contributed by atoms with Crippen LogP contribution in [0.1, 0.15) is 5.56 Å². The van der Waals surface area contributed by atoms with Gasteiger partial charge in [0.05, 0.1) is 11.1 Å². The molecule has 1 saturated heterocycles. The average Bonchev–Trinajstić information content (AvgIpc) is 3.37. The molecule has 2 aromatic carbocycles. The molecule has 1 aromatic heterocycles. The minimum Gasteiger partial charge on any atom is -0.300 e. The van der Waals surface area contributed by atoms with Crippen LogP contribution >= 0.6 is 34.9 Å². The highest BCUT2D eigenvalue weighted by atomic mass is 32.2. The Morgan fingerprint density at radius 3 is 3.00 bits per heavy atom. The van der Waals surface area contributed by atoms with Crippen LogP contribution in [0.2, 0.25) is 0 Å². The van der Waals surface area contributed by atoms with E-state index in [0.29, 0.717) is 10.9 Å². The first kappa shape index (κ1) is 18.7. The van der Waals surface area contributed by atoms with E-state index in [9.17, 15) is 4.79 Å². The van der Waals surface area contributed by atoms with Gasteiger partial charge in [-0.15, -0.1) is 22.0 Å². The molecule has 3 aromatic rings. The lowest BCUT2D eigenvalue weighted by Crippen LogP contribution is -2.32. The monoisotopic (exact) mass is 418 g/mol. The molecule has 4 rings (SSSR count). The quantitative estimate of drug-likeness (QED) is 0.344. The van der Waals surface area contributed by atoms with Gasteiger partial charge in [-0.1, -0.05) is 65.6 Å². The largest absolute Gasteiger partial charge is 0.300 e. The fraction of sp³-hybridized carbons (Fsp3) is 0.235. The molecule has 27 heavy (non-hydrogen) atoms. The Morgan fingerprint density at radius 2 is 2.11 bits per heavy atom. The maximum atomic E-state index is 12.0. The van der Waals surface area contributed by atoms with Crippen molar-refractivity contribution in [2.24, 2.45) is 0 Å². The normalized spacial score (nSPS) is 16.7. The van der Waals surface area contributed by atoms with E-state index in [1.807, 2.05) is 6.07 Å². The molecule has 0 bridgehead atoms. The molecular weight excluding hydrogens is 400 g/mol. The molecule has 1 atom stereocenters. The minimum atomic E-state index is -0.0737. The lowest BCUT2D eigenvalue weighted by atomic mass is 10.1. The van der Waals surface area contributed by atoms with E-state index < -0.39 is 0 Å². The molecule has 1 aliphatic rings. The second kappa shape index (κ2) is 9.00. The van der Waals surface area contributed by atoms with E-state index in [0.717, 1.165) is 16.6 Å². The number of anilines is 1. The Morgan fingerprint density at radius 1 is 1.22 bits per heavy atom. The Balaban J connectivity index is 1.30. The van der Waals surface area contributed by atoms with Crippen LogP contribution in [0.3, 0.4) is 0 Å². The summed E-state index contributed by atoms with van der Waals surface area (Å²) in [6.07, 6.45) is 0. The number of hydrogen-bond acceptors (Lipinski definition) is 9. The molecule has 1 unspecified atom stereocenters. The molecule has 10 heteroatoms. The van der Waals surface area contributed by atoms with E-state index in [-0.39, 0.29) is 11.3 Å². The van der Waals surface area contributed by atoms with Crippen LogP contribution in [0.4, 0.5) is 5.13 Å². The third-order valence-electron chi connectivity index (χ3n) is 3.91. The van der Waals surface area contributed by atoms with Crippen molar-refractivity contribution in [3.63, 3.8) is 0 Å². The van der Waals surface area contributed by atoms with Gasteiger partial charge in [0.25, 0.3) is 0 Å². The van der Waals surface area contributed by atoms with E-state index in [1.54, 1.807) is 11.8 Å². The van der Waals surface area contributed by atoms with Crippen molar-refractivity contribution in [2.45, 2.75) is 15.5 Å². The van der Waals surface area contributed by atoms with Crippen molar-refractivity contribution in [1.82, 2.24) is 26.6 Å². The molecule has 7 nitrogen and oxygen atoms in total. The number of nitrogens with one attached hydrogen (secondary N) is 4. The summed E-state index contributed by atoms with van der Waals surface area (Å²) in [5.41, 5.74) is 10.0. The summed E-state index contributed by atoms with van der Waals surface area (Å²) >= 11 is 4.56. The lowest BCUT2D eigenvalue weighted by molar-refractivity contribution is -0.113. The van der Waals surface area contributed by atoms with Crippen molar-refractivity contribution in [3.05, 3.63) is 48.0 Å². The summed E-state index contributed by atoms with van der Waals surface area (Å²) in [6.45, 7) is 0.770. The number of hydrogen-bond donors (Lipinski definition) is 4. The number of fused-ring (bicyclic) bond motifs is 1. The number of hydrazine groups is 2. The zero-order valence-electron chi connectivity index (χ0n) is 14.3. The first-order valence-corrected chi connectivity index (χ1v) is 11.2. The fourth-order valence-electron chi connectivity index (χ4n) is 2.63. The van der Waals surface area contributed by atoms with Crippen LogP contribution < -0.4 is 21.7 Å². The lowest BCUT2D eigenvalue weighted by Gasteiger charge is -2.06. The fourth-order valence-corrected chi connectivity index (χ4v) is 5.18. The van der Waals surface area contributed by atoms with Crippen molar-refractivity contribution in [1.29, 1.82) is 0 Å². The second-order valence-corrected chi connectivity index (χ2v) is 9.19. The number of benzene rings is 2. The molecule has 0 radical (unpaired) electrons. The van der Waals surface area contributed by atoms with E-state index in [2.05, 4.69) is 68.3 Å². The molecule has 1 amide bonds. The van der Waals surface area contributed by atoms with Crippen molar-refractivity contribution in [2.75, 3.05) is 17.6 Å². The predicted molar refractivity (Wildman–Crippen MR) is 113 cm³/mol. The smallest absolute Gasteiger partial charge is 0.236 e. The van der Waals surface area contributed by atoms with Gasteiger partial charge < -0.3 is 0 Å². The number of aromatic nitrogens is 2. The van der Waals surface area contributed by atoms with Crippen molar-refractivity contribution in [3.8, 4) is 0 Å². The Kier molecular flexibility index (Phi) is 6.22. The van der Waals surface area contributed by atoms with Crippen LogP contribution in [-0.2, 0) is 10.5 Å².